The SMILES string of the molecule is CC(O)(c1ccc(OCC(=O)NC2CC2)cc1)C(F)(F)F. The molecule has 1 aliphatic rings. The van der Waals surface area contributed by atoms with E-state index in [9.17, 15) is 23.1 Å². The minimum atomic E-state index is -4.76. The molecule has 1 unspecified atom stereocenters. The van der Waals surface area contributed by atoms with Crippen LogP contribution in [-0.4, -0.2) is 29.8 Å². The van der Waals surface area contributed by atoms with Gasteiger partial charge in [0, 0.05) is 6.04 Å². The molecule has 116 valence electrons. The lowest BCUT2D eigenvalue weighted by Gasteiger charge is -2.26. The Kier molecular flexibility index (Phi) is 4.13. The van der Waals surface area contributed by atoms with Crippen molar-refractivity contribution >= 4 is 5.91 Å². The highest BCUT2D eigenvalue weighted by Crippen LogP contribution is 2.38. The maximum absolute atomic E-state index is 12.7. The molecule has 0 saturated heterocycles. The summed E-state index contributed by atoms with van der Waals surface area (Å²) in [5.41, 5.74) is -3.21. The van der Waals surface area contributed by atoms with Gasteiger partial charge in [0.2, 0.25) is 0 Å². The van der Waals surface area contributed by atoms with Crippen molar-refractivity contribution in [2.45, 2.75) is 37.6 Å². The number of amides is 1. The molecule has 0 bridgehead atoms. The van der Waals surface area contributed by atoms with Gasteiger partial charge >= 0.3 is 6.18 Å². The first-order valence-electron chi connectivity index (χ1n) is 6.52. The average Bonchev–Trinajstić information content (AvgIpc) is 3.19. The third kappa shape index (κ3) is 3.87. The van der Waals surface area contributed by atoms with E-state index < -0.39 is 11.8 Å². The Morgan fingerprint density at radius 1 is 1.33 bits per heavy atom. The van der Waals surface area contributed by atoms with Crippen LogP contribution in [0.5, 0.6) is 5.75 Å². The van der Waals surface area contributed by atoms with Gasteiger partial charge in [-0.25, -0.2) is 0 Å². The zero-order valence-electron chi connectivity index (χ0n) is 11.4. The van der Waals surface area contributed by atoms with E-state index in [4.69, 9.17) is 4.74 Å². The highest BCUT2D eigenvalue weighted by atomic mass is 19.4. The molecule has 0 aliphatic heterocycles. The zero-order valence-corrected chi connectivity index (χ0v) is 11.4. The third-order valence-electron chi connectivity index (χ3n) is 3.28. The highest BCUT2D eigenvalue weighted by molar-refractivity contribution is 5.78. The molecule has 21 heavy (non-hydrogen) atoms. The lowest BCUT2D eigenvalue weighted by Crippen LogP contribution is -2.39. The first-order valence-corrected chi connectivity index (χ1v) is 6.52. The number of rotatable bonds is 5. The van der Waals surface area contributed by atoms with E-state index in [1.165, 1.54) is 12.1 Å². The number of alkyl halides is 3. The summed E-state index contributed by atoms with van der Waals surface area (Å²) >= 11 is 0. The van der Waals surface area contributed by atoms with Crippen molar-refractivity contribution in [3.8, 4) is 5.75 Å². The Morgan fingerprint density at radius 2 is 1.90 bits per heavy atom. The van der Waals surface area contributed by atoms with Crippen molar-refractivity contribution in [2.24, 2.45) is 0 Å². The van der Waals surface area contributed by atoms with Crippen LogP contribution in [0.2, 0.25) is 0 Å². The molecule has 0 heterocycles. The molecule has 2 N–H and O–H groups in total. The summed E-state index contributed by atoms with van der Waals surface area (Å²) in [6.07, 6.45) is -2.83. The fraction of sp³-hybridized carbons (Fsp3) is 0.500. The predicted octanol–water partition coefficient (Wildman–Crippen LogP) is 2.11. The summed E-state index contributed by atoms with van der Waals surface area (Å²) in [6, 6.07) is 5.06. The number of hydrogen-bond acceptors (Lipinski definition) is 3. The molecule has 1 aliphatic carbocycles. The van der Waals surface area contributed by atoms with Gasteiger partial charge in [0.1, 0.15) is 5.75 Å². The standard InChI is InChI=1S/C14H16F3NO3/c1-13(20,14(15,16)17)9-2-6-11(7-3-9)21-8-12(19)18-10-4-5-10/h2-3,6-7,10,20H,4-5,8H2,1H3,(H,18,19). The number of hydrogen-bond donors (Lipinski definition) is 2. The minimum absolute atomic E-state index is 0.189. The van der Waals surface area contributed by atoms with Crippen LogP contribution >= 0.6 is 0 Å². The molecule has 1 amide bonds. The van der Waals surface area contributed by atoms with Crippen LogP contribution in [0, 0.1) is 0 Å². The summed E-state index contributed by atoms with van der Waals surface area (Å²) in [5, 5.41) is 12.2. The average molecular weight is 303 g/mol. The van der Waals surface area contributed by atoms with Crippen LogP contribution in [0.25, 0.3) is 0 Å². The van der Waals surface area contributed by atoms with Gasteiger partial charge in [-0.15, -0.1) is 0 Å². The Hall–Kier alpha value is -1.76. The molecule has 0 aromatic heterocycles. The second-order valence-corrected chi connectivity index (χ2v) is 5.22. The summed E-state index contributed by atoms with van der Waals surface area (Å²) < 4.78 is 43.2. The van der Waals surface area contributed by atoms with E-state index in [-0.39, 0.29) is 29.9 Å². The van der Waals surface area contributed by atoms with E-state index in [0.29, 0.717) is 6.92 Å². The molecular formula is C14H16F3NO3. The Bertz CT molecular complexity index is 507. The van der Waals surface area contributed by atoms with E-state index >= 15 is 0 Å². The molecule has 4 nitrogen and oxygen atoms in total. The maximum atomic E-state index is 12.7. The molecule has 1 atom stereocenters. The second-order valence-electron chi connectivity index (χ2n) is 5.22. The van der Waals surface area contributed by atoms with Crippen LogP contribution in [0.4, 0.5) is 13.2 Å². The first-order chi connectivity index (χ1) is 9.70. The summed E-state index contributed by atoms with van der Waals surface area (Å²) in [7, 11) is 0. The van der Waals surface area contributed by atoms with Crippen LogP contribution < -0.4 is 10.1 Å². The van der Waals surface area contributed by atoms with Gasteiger partial charge in [-0.1, -0.05) is 12.1 Å². The van der Waals surface area contributed by atoms with Gasteiger partial charge in [-0.05, 0) is 37.5 Å². The van der Waals surface area contributed by atoms with Crippen LogP contribution in [0.1, 0.15) is 25.3 Å². The normalized spacial score (nSPS) is 18.0. The topological polar surface area (TPSA) is 58.6 Å². The predicted molar refractivity (Wildman–Crippen MR) is 68.7 cm³/mol. The maximum Gasteiger partial charge on any atom is 0.421 e. The van der Waals surface area contributed by atoms with Crippen LogP contribution in [0.15, 0.2) is 24.3 Å². The van der Waals surface area contributed by atoms with Gasteiger partial charge in [0.25, 0.3) is 5.91 Å². The second kappa shape index (κ2) is 5.55. The minimum Gasteiger partial charge on any atom is -0.484 e. The third-order valence-corrected chi connectivity index (χ3v) is 3.28. The molecule has 0 spiro atoms. The van der Waals surface area contributed by atoms with E-state index in [1.54, 1.807) is 0 Å². The van der Waals surface area contributed by atoms with Crippen LogP contribution in [-0.2, 0) is 10.4 Å². The monoisotopic (exact) mass is 303 g/mol. The van der Waals surface area contributed by atoms with Crippen molar-refractivity contribution in [2.75, 3.05) is 6.61 Å². The number of carbonyl (C=O) groups is 1. The van der Waals surface area contributed by atoms with Gasteiger partial charge < -0.3 is 15.2 Å². The lowest BCUT2D eigenvalue weighted by atomic mass is 9.95. The molecule has 1 aromatic rings. The van der Waals surface area contributed by atoms with E-state index in [0.717, 1.165) is 25.0 Å². The number of ether oxygens (including phenoxy) is 1. The highest BCUT2D eigenvalue weighted by Gasteiger charge is 2.51. The summed E-state index contributed by atoms with van der Waals surface area (Å²) in [4.78, 5) is 11.4. The molecule has 1 fully saturated rings. The van der Waals surface area contributed by atoms with Crippen molar-refractivity contribution < 1.29 is 27.8 Å². The fourth-order valence-corrected chi connectivity index (χ4v) is 1.69. The Balaban J connectivity index is 1.93. The quantitative estimate of drug-likeness (QED) is 0.876. The van der Waals surface area contributed by atoms with Gasteiger partial charge in [-0.2, -0.15) is 13.2 Å². The fourth-order valence-electron chi connectivity index (χ4n) is 1.69. The van der Waals surface area contributed by atoms with Gasteiger partial charge in [-0.3, -0.25) is 4.79 Å². The first kappa shape index (κ1) is 15.6. The van der Waals surface area contributed by atoms with E-state index in [2.05, 4.69) is 5.32 Å². The molecular weight excluding hydrogens is 287 g/mol. The van der Waals surface area contributed by atoms with Crippen LogP contribution in [0.3, 0.4) is 0 Å². The van der Waals surface area contributed by atoms with Crippen molar-refractivity contribution in [1.82, 2.24) is 5.32 Å². The number of aliphatic hydroxyl groups is 1. The summed E-state index contributed by atoms with van der Waals surface area (Å²) in [6.45, 7) is 0.497. The van der Waals surface area contributed by atoms with Crippen molar-refractivity contribution in [1.29, 1.82) is 0 Å². The zero-order chi connectivity index (χ0) is 15.7. The molecule has 1 aromatic carbocycles. The van der Waals surface area contributed by atoms with Crippen molar-refractivity contribution in [3.05, 3.63) is 29.8 Å². The molecule has 0 radical (unpaired) electrons. The molecule has 1 saturated carbocycles. The van der Waals surface area contributed by atoms with E-state index in [1.807, 2.05) is 0 Å². The lowest BCUT2D eigenvalue weighted by molar-refractivity contribution is -0.258. The van der Waals surface area contributed by atoms with Crippen molar-refractivity contribution in [3.63, 3.8) is 0 Å². The number of nitrogens with one attached hydrogen (secondary N) is 1. The number of halogens is 3. The summed E-state index contributed by atoms with van der Waals surface area (Å²) in [5.74, 6) is 0.00605. The largest absolute Gasteiger partial charge is 0.484 e. The Labute approximate surface area is 119 Å². The van der Waals surface area contributed by atoms with Gasteiger partial charge in [0.15, 0.2) is 12.2 Å². The number of carbonyl (C=O) groups excluding carboxylic acids is 1. The Morgan fingerprint density at radius 3 is 2.38 bits per heavy atom. The van der Waals surface area contributed by atoms with Gasteiger partial charge in [0.05, 0.1) is 0 Å². The molecule has 2 rings (SSSR count). The number of benzene rings is 1. The molecule has 7 heteroatoms. The smallest absolute Gasteiger partial charge is 0.421 e.